The number of aliphatic hydroxyl groups excluding tert-OH is 1. The van der Waals surface area contributed by atoms with Crippen LogP contribution in [0.25, 0.3) is 10.9 Å². The molecule has 1 N–H and O–H groups in total. The summed E-state index contributed by atoms with van der Waals surface area (Å²) in [5.74, 6) is 0.143. The minimum absolute atomic E-state index is 0.0485. The third-order valence-corrected chi connectivity index (χ3v) is 3.53. The number of hydrogen-bond donors (Lipinski definition) is 1. The second-order valence-corrected chi connectivity index (χ2v) is 5.10. The van der Waals surface area contributed by atoms with E-state index in [1.807, 2.05) is 0 Å². The highest BCUT2D eigenvalue weighted by atomic mass is 19.1. The van der Waals surface area contributed by atoms with Gasteiger partial charge < -0.3 is 9.63 Å². The predicted octanol–water partition coefficient (Wildman–Crippen LogP) is 1.87. The number of halogens is 1. The first-order chi connectivity index (χ1) is 10.5. The van der Waals surface area contributed by atoms with E-state index in [4.69, 9.17) is 4.52 Å². The quantitative estimate of drug-likeness (QED) is 0.799. The largest absolute Gasteiger partial charge is 0.386 e. The molecule has 22 heavy (non-hydrogen) atoms. The van der Waals surface area contributed by atoms with Crippen molar-refractivity contribution in [3.63, 3.8) is 0 Å². The molecule has 0 unspecified atom stereocenters. The van der Waals surface area contributed by atoms with Gasteiger partial charge in [-0.3, -0.25) is 4.79 Å². The van der Waals surface area contributed by atoms with E-state index >= 15 is 0 Å². The summed E-state index contributed by atoms with van der Waals surface area (Å²) in [5, 5.41) is 18.7. The van der Waals surface area contributed by atoms with Crippen LogP contribution in [-0.2, 0) is 6.54 Å². The van der Waals surface area contributed by atoms with Crippen LogP contribution in [0.2, 0.25) is 0 Å². The van der Waals surface area contributed by atoms with Crippen molar-refractivity contribution >= 4 is 10.9 Å². The van der Waals surface area contributed by atoms with Crippen LogP contribution in [0.1, 0.15) is 23.1 Å². The zero-order valence-electron chi connectivity index (χ0n) is 12.1. The molecule has 114 valence electrons. The van der Waals surface area contributed by atoms with Gasteiger partial charge in [0.15, 0.2) is 5.52 Å². The summed E-state index contributed by atoms with van der Waals surface area (Å²) >= 11 is 0. The van der Waals surface area contributed by atoms with E-state index in [9.17, 15) is 14.3 Å². The van der Waals surface area contributed by atoms with Crippen molar-refractivity contribution in [2.45, 2.75) is 26.5 Å². The Balaban J connectivity index is 1.99. The molecule has 1 atom stereocenters. The maximum atomic E-state index is 12.9. The van der Waals surface area contributed by atoms with E-state index < -0.39 is 11.7 Å². The molecule has 1 aromatic carbocycles. The zero-order valence-corrected chi connectivity index (χ0v) is 12.1. The summed E-state index contributed by atoms with van der Waals surface area (Å²) in [5.41, 5.74) is 0.860. The van der Waals surface area contributed by atoms with Crippen molar-refractivity contribution in [2.24, 2.45) is 0 Å². The highest BCUT2D eigenvalue weighted by molar-refractivity contribution is 5.81. The predicted molar refractivity (Wildman–Crippen MR) is 76.9 cm³/mol. The SMILES string of the molecule is Cc1nn(C[C@H](O)c2ccc(F)cc2)c(=O)c2noc(C)c12. The average molecular weight is 303 g/mol. The minimum atomic E-state index is -0.976. The van der Waals surface area contributed by atoms with Gasteiger partial charge in [0.05, 0.1) is 23.7 Å². The molecule has 2 aromatic heterocycles. The number of rotatable bonds is 3. The van der Waals surface area contributed by atoms with Gasteiger partial charge in [0.25, 0.3) is 5.56 Å². The summed E-state index contributed by atoms with van der Waals surface area (Å²) in [6.07, 6.45) is -0.976. The van der Waals surface area contributed by atoms with Gasteiger partial charge in [0.2, 0.25) is 0 Å². The molecule has 0 saturated carbocycles. The number of hydrogen-bond acceptors (Lipinski definition) is 5. The molecule has 0 aliphatic carbocycles. The lowest BCUT2D eigenvalue weighted by Gasteiger charge is -2.12. The van der Waals surface area contributed by atoms with Gasteiger partial charge in [0, 0.05) is 0 Å². The van der Waals surface area contributed by atoms with E-state index in [1.165, 1.54) is 24.3 Å². The number of aliphatic hydroxyl groups is 1. The molecule has 0 spiro atoms. The maximum absolute atomic E-state index is 12.9. The molecular weight excluding hydrogens is 289 g/mol. The Morgan fingerprint density at radius 3 is 2.68 bits per heavy atom. The van der Waals surface area contributed by atoms with Gasteiger partial charge in [0.1, 0.15) is 11.6 Å². The van der Waals surface area contributed by atoms with E-state index in [0.717, 1.165) is 4.68 Å². The van der Waals surface area contributed by atoms with Crippen LogP contribution in [-0.4, -0.2) is 20.0 Å². The number of benzene rings is 1. The molecule has 0 aliphatic heterocycles. The average Bonchev–Trinajstić information content (AvgIpc) is 2.88. The molecule has 2 heterocycles. The summed E-state index contributed by atoms with van der Waals surface area (Å²) in [4.78, 5) is 12.3. The van der Waals surface area contributed by atoms with Crippen molar-refractivity contribution < 1.29 is 14.0 Å². The lowest BCUT2D eigenvalue weighted by Crippen LogP contribution is -2.27. The van der Waals surface area contributed by atoms with Crippen molar-refractivity contribution in [1.29, 1.82) is 0 Å². The Bertz CT molecular complexity index is 883. The van der Waals surface area contributed by atoms with Crippen LogP contribution < -0.4 is 5.56 Å². The monoisotopic (exact) mass is 303 g/mol. The molecule has 3 rings (SSSR count). The van der Waals surface area contributed by atoms with Crippen LogP contribution in [0, 0.1) is 19.7 Å². The topological polar surface area (TPSA) is 81.1 Å². The van der Waals surface area contributed by atoms with E-state index in [-0.39, 0.29) is 17.9 Å². The Morgan fingerprint density at radius 1 is 1.32 bits per heavy atom. The third-order valence-electron chi connectivity index (χ3n) is 3.53. The van der Waals surface area contributed by atoms with Crippen LogP contribution in [0.3, 0.4) is 0 Å². The van der Waals surface area contributed by atoms with Gasteiger partial charge in [-0.2, -0.15) is 5.10 Å². The first kappa shape index (κ1) is 14.4. The number of aromatic nitrogens is 3. The Hall–Kier alpha value is -2.54. The molecule has 0 saturated heterocycles. The summed E-state index contributed by atoms with van der Waals surface area (Å²) in [6, 6.07) is 5.45. The third kappa shape index (κ3) is 2.39. The molecule has 0 amide bonds. The normalized spacial score (nSPS) is 12.7. The lowest BCUT2D eigenvalue weighted by atomic mass is 10.1. The van der Waals surface area contributed by atoms with Crippen molar-refractivity contribution in [2.75, 3.05) is 0 Å². The van der Waals surface area contributed by atoms with Gasteiger partial charge in [-0.1, -0.05) is 17.3 Å². The van der Waals surface area contributed by atoms with E-state index in [0.29, 0.717) is 22.4 Å². The molecule has 0 fully saturated rings. The van der Waals surface area contributed by atoms with Crippen LogP contribution in [0.15, 0.2) is 33.6 Å². The second-order valence-electron chi connectivity index (χ2n) is 5.10. The van der Waals surface area contributed by atoms with Crippen molar-refractivity contribution in [3.05, 3.63) is 57.5 Å². The highest BCUT2D eigenvalue weighted by Crippen LogP contribution is 2.18. The van der Waals surface area contributed by atoms with E-state index in [1.54, 1.807) is 13.8 Å². The first-order valence-corrected chi connectivity index (χ1v) is 6.74. The number of aryl methyl sites for hydroxylation is 2. The fourth-order valence-electron chi connectivity index (χ4n) is 2.42. The molecule has 7 heteroatoms. The van der Waals surface area contributed by atoms with Crippen molar-refractivity contribution in [3.8, 4) is 0 Å². The zero-order chi connectivity index (χ0) is 15.9. The van der Waals surface area contributed by atoms with Crippen LogP contribution >= 0.6 is 0 Å². The Kier molecular flexibility index (Phi) is 3.50. The standard InChI is InChI=1S/C15H14FN3O3/c1-8-13-9(2)22-18-14(13)15(21)19(17-8)7-12(20)10-3-5-11(16)6-4-10/h3-6,12,20H,7H2,1-2H3/t12-/m0/s1. The fourth-order valence-corrected chi connectivity index (χ4v) is 2.42. The summed E-state index contributed by atoms with van der Waals surface area (Å²) in [6.45, 7) is 3.40. The molecule has 3 aromatic rings. The number of nitrogens with zero attached hydrogens (tertiary/aromatic N) is 3. The van der Waals surface area contributed by atoms with E-state index in [2.05, 4.69) is 10.3 Å². The first-order valence-electron chi connectivity index (χ1n) is 6.74. The van der Waals surface area contributed by atoms with Gasteiger partial charge >= 0.3 is 0 Å². The maximum Gasteiger partial charge on any atom is 0.296 e. The summed E-state index contributed by atoms with van der Waals surface area (Å²) < 4.78 is 19.1. The molecule has 0 aliphatic rings. The van der Waals surface area contributed by atoms with Gasteiger partial charge in [-0.25, -0.2) is 9.07 Å². The lowest BCUT2D eigenvalue weighted by molar-refractivity contribution is 0.149. The summed E-state index contributed by atoms with van der Waals surface area (Å²) in [7, 11) is 0. The smallest absolute Gasteiger partial charge is 0.296 e. The van der Waals surface area contributed by atoms with Crippen LogP contribution in [0.5, 0.6) is 0 Å². The molecular formula is C15H14FN3O3. The van der Waals surface area contributed by atoms with Crippen molar-refractivity contribution in [1.82, 2.24) is 14.9 Å². The molecule has 6 nitrogen and oxygen atoms in total. The highest BCUT2D eigenvalue weighted by Gasteiger charge is 2.17. The molecule has 0 radical (unpaired) electrons. The van der Waals surface area contributed by atoms with Gasteiger partial charge in [-0.05, 0) is 31.5 Å². The minimum Gasteiger partial charge on any atom is -0.386 e. The second kappa shape index (κ2) is 5.34. The number of fused-ring (bicyclic) bond motifs is 1. The van der Waals surface area contributed by atoms with Gasteiger partial charge in [-0.15, -0.1) is 0 Å². The fraction of sp³-hybridized carbons (Fsp3) is 0.267. The Labute approximate surface area is 124 Å². The molecule has 0 bridgehead atoms. The Morgan fingerprint density at radius 2 is 2.00 bits per heavy atom. The van der Waals surface area contributed by atoms with Crippen LogP contribution in [0.4, 0.5) is 4.39 Å².